The van der Waals surface area contributed by atoms with Gasteiger partial charge in [0.2, 0.25) is 0 Å². The largest absolute Gasteiger partial charge is 0.507 e. The van der Waals surface area contributed by atoms with Crippen LogP contribution >= 0.6 is 0 Å². The number of nitrogens with one attached hydrogen (secondary N) is 1. The van der Waals surface area contributed by atoms with Crippen LogP contribution in [0, 0.1) is 10.1 Å². The van der Waals surface area contributed by atoms with Crippen molar-refractivity contribution >= 4 is 17.3 Å². The van der Waals surface area contributed by atoms with Crippen molar-refractivity contribution in [2.45, 2.75) is 0 Å². The fourth-order valence-corrected chi connectivity index (χ4v) is 2.19. The van der Waals surface area contributed by atoms with E-state index >= 15 is 0 Å². The second kappa shape index (κ2) is 6.35. The van der Waals surface area contributed by atoms with Gasteiger partial charge in [0.1, 0.15) is 12.1 Å². The monoisotopic (exact) mass is 340 g/mol. The summed E-state index contributed by atoms with van der Waals surface area (Å²) in [6, 6.07) is 4.84. The molecule has 25 heavy (non-hydrogen) atoms. The molecule has 2 heterocycles. The number of amides is 1. The molecule has 126 valence electrons. The summed E-state index contributed by atoms with van der Waals surface area (Å²) >= 11 is 0. The summed E-state index contributed by atoms with van der Waals surface area (Å²) in [5.74, 6) is -0.500. The summed E-state index contributed by atoms with van der Waals surface area (Å²) in [6.45, 7) is 0. The normalized spacial score (nSPS) is 10.4. The van der Waals surface area contributed by atoms with E-state index in [0.29, 0.717) is 17.1 Å². The minimum absolute atomic E-state index is 0.210. The average Bonchev–Trinajstić information content (AvgIpc) is 3.01. The zero-order valence-electron chi connectivity index (χ0n) is 12.9. The molecule has 0 aliphatic rings. The molecule has 0 unspecified atom stereocenters. The van der Waals surface area contributed by atoms with Crippen molar-refractivity contribution < 1.29 is 14.8 Å². The molecule has 0 bridgehead atoms. The van der Waals surface area contributed by atoms with Crippen LogP contribution in [-0.2, 0) is 7.05 Å². The Morgan fingerprint density at radius 2 is 2.12 bits per heavy atom. The maximum Gasteiger partial charge on any atom is 0.270 e. The number of hydrogen-bond acceptors (Lipinski definition) is 7. The number of carbonyl (C=O) groups excluding carboxylic acids is 1. The Morgan fingerprint density at radius 1 is 1.32 bits per heavy atom. The molecule has 0 spiro atoms. The van der Waals surface area contributed by atoms with Gasteiger partial charge in [0, 0.05) is 30.9 Å². The van der Waals surface area contributed by atoms with Gasteiger partial charge in [-0.25, -0.2) is 0 Å². The van der Waals surface area contributed by atoms with Crippen LogP contribution < -0.4 is 5.32 Å². The van der Waals surface area contributed by atoms with Gasteiger partial charge in [-0.05, 0) is 12.1 Å². The van der Waals surface area contributed by atoms with Crippen LogP contribution in [0.5, 0.6) is 5.75 Å². The first-order valence-electron chi connectivity index (χ1n) is 7.04. The first-order chi connectivity index (χ1) is 12.0. The number of aromatic hydroxyl groups is 1. The number of aromatic nitrogens is 4. The van der Waals surface area contributed by atoms with Crippen molar-refractivity contribution in [2.75, 3.05) is 5.32 Å². The van der Waals surface area contributed by atoms with Crippen LogP contribution in [0.15, 0.2) is 43.0 Å². The Morgan fingerprint density at radius 3 is 2.80 bits per heavy atom. The van der Waals surface area contributed by atoms with Gasteiger partial charge in [-0.1, -0.05) is 0 Å². The number of nitro groups is 1. The predicted octanol–water partition coefficient (Wildman–Crippen LogP) is 1.74. The predicted molar refractivity (Wildman–Crippen MR) is 86.9 cm³/mol. The molecular weight excluding hydrogens is 328 g/mol. The molecule has 10 heteroatoms. The molecule has 0 aliphatic heterocycles. The van der Waals surface area contributed by atoms with Crippen molar-refractivity contribution in [3.05, 3.63) is 58.7 Å². The van der Waals surface area contributed by atoms with E-state index in [1.165, 1.54) is 12.5 Å². The quantitative estimate of drug-likeness (QED) is 0.545. The topological polar surface area (TPSA) is 136 Å². The van der Waals surface area contributed by atoms with Crippen molar-refractivity contribution in [1.29, 1.82) is 0 Å². The van der Waals surface area contributed by atoms with E-state index in [1.807, 2.05) is 0 Å². The molecule has 1 aromatic carbocycles. The molecule has 0 aliphatic carbocycles. The zero-order chi connectivity index (χ0) is 18.0. The van der Waals surface area contributed by atoms with E-state index in [9.17, 15) is 20.0 Å². The van der Waals surface area contributed by atoms with Crippen LogP contribution in [0.1, 0.15) is 10.4 Å². The third-order valence-electron chi connectivity index (χ3n) is 3.40. The number of phenols is 1. The summed E-state index contributed by atoms with van der Waals surface area (Å²) < 4.78 is 1.69. The number of pyridine rings is 1. The number of rotatable bonds is 4. The summed E-state index contributed by atoms with van der Waals surface area (Å²) in [5, 5.41) is 30.9. The third-order valence-corrected chi connectivity index (χ3v) is 3.40. The van der Waals surface area contributed by atoms with Crippen LogP contribution in [0.2, 0.25) is 0 Å². The second-order valence-corrected chi connectivity index (χ2v) is 5.14. The highest BCUT2D eigenvalue weighted by Gasteiger charge is 2.17. The highest BCUT2D eigenvalue weighted by Crippen LogP contribution is 2.25. The lowest BCUT2D eigenvalue weighted by molar-refractivity contribution is -0.384. The molecular formula is C15H12N6O4. The fourth-order valence-electron chi connectivity index (χ4n) is 2.19. The number of hydrogen-bond donors (Lipinski definition) is 2. The molecule has 0 atom stereocenters. The van der Waals surface area contributed by atoms with Gasteiger partial charge in [0.05, 0.1) is 22.4 Å². The van der Waals surface area contributed by atoms with E-state index < -0.39 is 10.8 Å². The van der Waals surface area contributed by atoms with E-state index in [-0.39, 0.29) is 17.0 Å². The standard InChI is InChI=1S/C15H12N6O4/c1-20-8-17-19-14(20)9-4-10(7-16-6-9)18-15(23)12-5-11(21(24)25)2-3-13(12)22/h2-8,22H,1H3,(H,18,23). The minimum atomic E-state index is -0.696. The number of anilines is 1. The number of aryl methyl sites for hydroxylation is 1. The Bertz CT molecular complexity index is 968. The molecule has 1 amide bonds. The highest BCUT2D eigenvalue weighted by atomic mass is 16.6. The summed E-state index contributed by atoms with van der Waals surface area (Å²) in [6.07, 6.45) is 4.50. The molecule has 2 N–H and O–H groups in total. The number of nitro benzene ring substituents is 1. The lowest BCUT2D eigenvalue weighted by Crippen LogP contribution is -2.12. The molecule has 3 rings (SSSR count). The van der Waals surface area contributed by atoms with E-state index in [2.05, 4.69) is 20.5 Å². The van der Waals surface area contributed by atoms with Crippen LogP contribution in [0.25, 0.3) is 11.4 Å². The zero-order valence-corrected chi connectivity index (χ0v) is 12.9. The summed E-state index contributed by atoms with van der Waals surface area (Å²) in [5.41, 5.74) is 0.463. The first-order valence-corrected chi connectivity index (χ1v) is 7.04. The summed E-state index contributed by atoms with van der Waals surface area (Å²) in [7, 11) is 1.77. The van der Waals surface area contributed by atoms with Gasteiger partial charge >= 0.3 is 0 Å². The van der Waals surface area contributed by atoms with Crippen molar-refractivity contribution in [3.63, 3.8) is 0 Å². The maximum absolute atomic E-state index is 12.3. The Balaban J connectivity index is 1.88. The Hall–Kier alpha value is -3.82. The smallest absolute Gasteiger partial charge is 0.270 e. The molecule has 10 nitrogen and oxygen atoms in total. The number of benzene rings is 1. The van der Waals surface area contributed by atoms with Gasteiger partial charge in [-0.2, -0.15) is 0 Å². The maximum atomic E-state index is 12.3. The Labute approximate surface area is 140 Å². The molecule has 2 aromatic heterocycles. The van der Waals surface area contributed by atoms with Gasteiger partial charge in [-0.3, -0.25) is 19.9 Å². The van der Waals surface area contributed by atoms with E-state index in [4.69, 9.17) is 0 Å². The second-order valence-electron chi connectivity index (χ2n) is 5.14. The lowest BCUT2D eigenvalue weighted by Gasteiger charge is -2.08. The average molecular weight is 340 g/mol. The first kappa shape index (κ1) is 16.1. The van der Waals surface area contributed by atoms with Gasteiger partial charge < -0.3 is 15.0 Å². The Kier molecular flexibility index (Phi) is 4.08. The van der Waals surface area contributed by atoms with Crippen LogP contribution in [0.4, 0.5) is 11.4 Å². The van der Waals surface area contributed by atoms with Crippen molar-refractivity contribution in [2.24, 2.45) is 7.05 Å². The SMILES string of the molecule is Cn1cnnc1-c1cncc(NC(=O)c2cc([N+](=O)[O-])ccc2O)c1. The molecule has 3 aromatic rings. The molecule has 0 saturated heterocycles. The number of carbonyl (C=O) groups is 1. The number of non-ortho nitro benzene ring substituents is 1. The van der Waals surface area contributed by atoms with Crippen LogP contribution in [-0.4, -0.2) is 35.7 Å². The van der Waals surface area contributed by atoms with Crippen molar-refractivity contribution in [1.82, 2.24) is 19.7 Å². The number of phenolic OH excluding ortho intramolecular Hbond substituents is 1. The van der Waals surface area contributed by atoms with Crippen LogP contribution in [0.3, 0.4) is 0 Å². The summed E-state index contributed by atoms with van der Waals surface area (Å²) in [4.78, 5) is 26.5. The van der Waals surface area contributed by atoms with E-state index in [0.717, 1.165) is 18.2 Å². The fraction of sp³-hybridized carbons (Fsp3) is 0.0667. The molecule has 0 fully saturated rings. The van der Waals surface area contributed by atoms with Gasteiger partial charge in [0.25, 0.3) is 11.6 Å². The lowest BCUT2D eigenvalue weighted by atomic mass is 10.1. The van der Waals surface area contributed by atoms with Gasteiger partial charge in [-0.15, -0.1) is 10.2 Å². The third kappa shape index (κ3) is 3.27. The molecule has 0 saturated carbocycles. The number of nitrogens with zero attached hydrogens (tertiary/aromatic N) is 5. The van der Waals surface area contributed by atoms with Gasteiger partial charge in [0.15, 0.2) is 5.82 Å². The van der Waals surface area contributed by atoms with Crippen molar-refractivity contribution in [3.8, 4) is 17.1 Å². The highest BCUT2D eigenvalue weighted by molar-refractivity contribution is 6.06. The minimum Gasteiger partial charge on any atom is -0.507 e. The van der Waals surface area contributed by atoms with E-state index in [1.54, 1.807) is 23.9 Å². The molecule has 0 radical (unpaired) electrons.